The predicted octanol–water partition coefficient (Wildman–Crippen LogP) is 4.03. The van der Waals surface area contributed by atoms with Crippen molar-refractivity contribution in [2.45, 2.75) is 25.3 Å². The van der Waals surface area contributed by atoms with Gasteiger partial charge in [-0.25, -0.2) is 4.39 Å². The molecule has 4 rings (SSSR count). The Bertz CT molecular complexity index is 787. The smallest absolute Gasteiger partial charge is 0.256 e. The summed E-state index contributed by atoms with van der Waals surface area (Å²) in [7, 11) is 0. The minimum atomic E-state index is -0.245. The van der Waals surface area contributed by atoms with Gasteiger partial charge in [0.05, 0.1) is 24.8 Å². The number of morpholine rings is 1. The number of halogens is 1. The molecule has 2 aliphatic heterocycles. The highest BCUT2D eigenvalue weighted by Crippen LogP contribution is 2.34. The van der Waals surface area contributed by atoms with Gasteiger partial charge in [0.2, 0.25) is 0 Å². The van der Waals surface area contributed by atoms with Crippen LogP contribution < -0.4 is 4.90 Å². The minimum Gasteiger partial charge on any atom is -0.378 e. The van der Waals surface area contributed by atoms with Crippen molar-refractivity contribution in [2.75, 3.05) is 37.7 Å². The van der Waals surface area contributed by atoms with Crippen LogP contribution in [0.3, 0.4) is 0 Å². The fourth-order valence-electron chi connectivity index (χ4n) is 4.10. The largest absolute Gasteiger partial charge is 0.378 e. The second-order valence-electron chi connectivity index (χ2n) is 7.18. The number of nitrogens with zero attached hydrogens (tertiary/aromatic N) is 2. The summed E-state index contributed by atoms with van der Waals surface area (Å²) in [5.41, 5.74) is 2.73. The van der Waals surface area contributed by atoms with Crippen molar-refractivity contribution >= 4 is 11.6 Å². The topological polar surface area (TPSA) is 32.8 Å². The summed E-state index contributed by atoms with van der Waals surface area (Å²) >= 11 is 0. The molecule has 1 amide bonds. The molecule has 0 aromatic heterocycles. The number of carbonyl (C=O) groups excluding carboxylic acids is 1. The van der Waals surface area contributed by atoms with Crippen molar-refractivity contribution in [3.8, 4) is 0 Å². The van der Waals surface area contributed by atoms with Crippen LogP contribution in [-0.2, 0) is 4.74 Å². The fraction of sp³-hybridized carbons (Fsp3) is 0.409. The molecular formula is C22H25FN2O2. The Morgan fingerprint density at radius 2 is 1.70 bits per heavy atom. The molecule has 0 N–H and O–H groups in total. The Kier molecular flexibility index (Phi) is 5.39. The van der Waals surface area contributed by atoms with Crippen LogP contribution in [0.1, 0.15) is 41.2 Å². The van der Waals surface area contributed by atoms with Gasteiger partial charge in [0.1, 0.15) is 5.82 Å². The van der Waals surface area contributed by atoms with E-state index >= 15 is 0 Å². The van der Waals surface area contributed by atoms with E-state index in [-0.39, 0.29) is 17.8 Å². The SMILES string of the molecule is O=C(c1ccccc1N1CCOCC1)N1CCCCC1c1ccc(F)cc1. The number of hydrogen-bond donors (Lipinski definition) is 0. The molecule has 142 valence electrons. The van der Waals surface area contributed by atoms with Crippen molar-refractivity contribution in [2.24, 2.45) is 0 Å². The molecule has 2 heterocycles. The number of likely N-dealkylation sites (tertiary alicyclic amines) is 1. The van der Waals surface area contributed by atoms with E-state index in [1.54, 1.807) is 12.1 Å². The molecule has 2 saturated heterocycles. The first-order valence-corrected chi connectivity index (χ1v) is 9.72. The molecule has 0 radical (unpaired) electrons. The highest BCUT2D eigenvalue weighted by Gasteiger charge is 2.30. The van der Waals surface area contributed by atoms with E-state index in [9.17, 15) is 9.18 Å². The van der Waals surface area contributed by atoms with Crippen molar-refractivity contribution in [3.05, 3.63) is 65.5 Å². The van der Waals surface area contributed by atoms with Crippen LogP contribution in [0.5, 0.6) is 0 Å². The standard InChI is InChI=1S/C22H25FN2O2/c23-18-10-8-17(9-11-18)20-6-3-4-12-25(20)22(26)19-5-1-2-7-21(19)24-13-15-27-16-14-24/h1-2,5,7-11,20H,3-4,6,12-16H2. The Morgan fingerprint density at radius 3 is 2.48 bits per heavy atom. The number of piperidine rings is 1. The zero-order valence-electron chi connectivity index (χ0n) is 15.4. The number of ether oxygens (including phenoxy) is 1. The van der Waals surface area contributed by atoms with Gasteiger partial charge in [0.15, 0.2) is 0 Å². The van der Waals surface area contributed by atoms with Crippen molar-refractivity contribution < 1.29 is 13.9 Å². The van der Waals surface area contributed by atoms with E-state index in [1.807, 2.05) is 29.2 Å². The number of hydrogen-bond acceptors (Lipinski definition) is 3. The number of para-hydroxylation sites is 1. The monoisotopic (exact) mass is 368 g/mol. The molecule has 0 saturated carbocycles. The number of benzene rings is 2. The Morgan fingerprint density at radius 1 is 0.963 bits per heavy atom. The van der Waals surface area contributed by atoms with Gasteiger partial charge >= 0.3 is 0 Å². The van der Waals surface area contributed by atoms with Crippen LogP contribution in [-0.4, -0.2) is 43.7 Å². The lowest BCUT2D eigenvalue weighted by Gasteiger charge is -2.37. The average molecular weight is 368 g/mol. The van der Waals surface area contributed by atoms with E-state index in [2.05, 4.69) is 4.90 Å². The van der Waals surface area contributed by atoms with Gasteiger partial charge in [-0.3, -0.25) is 4.79 Å². The summed E-state index contributed by atoms with van der Waals surface area (Å²) in [5, 5.41) is 0. The average Bonchev–Trinajstić information content (AvgIpc) is 2.74. The van der Waals surface area contributed by atoms with Gasteiger partial charge < -0.3 is 14.5 Å². The normalized spacial score (nSPS) is 20.6. The summed E-state index contributed by atoms with van der Waals surface area (Å²) in [6, 6.07) is 14.4. The van der Waals surface area contributed by atoms with Gasteiger partial charge in [0.25, 0.3) is 5.91 Å². The number of rotatable bonds is 3. The number of amides is 1. The molecule has 2 fully saturated rings. The second kappa shape index (κ2) is 8.09. The second-order valence-corrected chi connectivity index (χ2v) is 7.18. The minimum absolute atomic E-state index is 0.00425. The zero-order chi connectivity index (χ0) is 18.6. The number of anilines is 1. The zero-order valence-corrected chi connectivity index (χ0v) is 15.4. The van der Waals surface area contributed by atoms with Gasteiger partial charge in [-0.15, -0.1) is 0 Å². The Balaban J connectivity index is 1.63. The first-order chi connectivity index (χ1) is 13.2. The van der Waals surface area contributed by atoms with E-state index in [1.165, 1.54) is 12.1 Å². The van der Waals surface area contributed by atoms with Crippen molar-refractivity contribution in [1.82, 2.24) is 4.90 Å². The summed E-state index contributed by atoms with van der Waals surface area (Å²) in [4.78, 5) is 17.7. The molecule has 0 bridgehead atoms. The third-order valence-electron chi connectivity index (χ3n) is 5.50. The van der Waals surface area contributed by atoms with E-state index < -0.39 is 0 Å². The Hall–Kier alpha value is -2.40. The van der Waals surface area contributed by atoms with Gasteiger partial charge in [-0.05, 0) is 49.1 Å². The molecule has 1 unspecified atom stereocenters. The predicted molar refractivity (Wildman–Crippen MR) is 104 cm³/mol. The molecule has 0 spiro atoms. The van der Waals surface area contributed by atoms with Crippen molar-refractivity contribution in [3.63, 3.8) is 0 Å². The highest BCUT2D eigenvalue weighted by atomic mass is 19.1. The lowest BCUT2D eigenvalue weighted by atomic mass is 9.94. The van der Waals surface area contributed by atoms with Crippen LogP contribution in [0.4, 0.5) is 10.1 Å². The van der Waals surface area contributed by atoms with Gasteiger partial charge in [-0.1, -0.05) is 24.3 Å². The van der Waals surface area contributed by atoms with Crippen LogP contribution in [0, 0.1) is 5.82 Å². The molecule has 2 aliphatic rings. The summed E-state index contributed by atoms with van der Waals surface area (Å²) in [6.45, 7) is 3.70. The lowest BCUT2D eigenvalue weighted by Crippen LogP contribution is -2.41. The maximum absolute atomic E-state index is 13.5. The third-order valence-corrected chi connectivity index (χ3v) is 5.50. The van der Waals surface area contributed by atoms with Gasteiger partial charge in [0, 0.05) is 25.3 Å². The quantitative estimate of drug-likeness (QED) is 0.820. The van der Waals surface area contributed by atoms with Crippen LogP contribution in [0.15, 0.2) is 48.5 Å². The molecule has 5 heteroatoms. The summed E-state index contributed by atoms with van der Waals surface area (Å²) < 4.78 is 18.8. The highest BCUT2D eigenvalue weighted by molar-refractivity contribution is 6.00. The molecule has 0 aliphatic carbocycles. The Labute approximate surface area is 159 Å². The van der Waals surface area contributed by atoms with Gasteiger partial charge in [-0.2, -0.15) is 0 Å². The molecule has 2 aromatic carbocycles. The van der Waals surface area contributed by atoms with Crippen LogP contribution >= 0.6 is 0 Å². The molecule has 1 atom stereocenters. The fourth-order valence-corrected chi connectivity index (χ4v) is 4.10. The van der Waals surface area contributed by atoms with E-state index in [4.69, 9.17) is 4.74 Å². The van der Waals surface area contributed by atoms with Crippen LogP contribution in [0.2, 0.25) is 0 Å². The summed E-state index contributed by atoms with van der Waals surface area (Å²) in [6.07, 6.45) is 3.00. The molecule has 2 aromatic rings. The molecular weight excluding hydrogens is 343 g/mol. The lowest BCUT2D eigenvalue weighted by molar-refractivity contribution is 0.0611. The molecule has 4 nitrogen and oxygen atoms in total. The first kappa shape index (κ1) is 18.0. The van der Waals surface area contributed by atoms with Crippen molar-refractivity contribution in [1.29, 1.82) is 0 Å². The maximum Gasteiger partial charge on any atom is 0.256 e. The number of carbonyl (C=O) groups is 1. The van der Waals surface area contributed by atoms with E-state index in [0.717, 1.165) is 55.7 Å². The first-order valence-electron chi connectivity index (χ1n) is 9.72. The van der Waals surface area contributed by atoms with Crippen LogP contribution in [0.25, 0.3) is 0 Å². The summed E-state index contributed by atoms with van der Waals surface area (Å²) in [5.74, 6) is -0.184. The van der Waals surface area contributed by atoms with E-state index in [0.29, 0.717) is 13.2 Å². The molecule has 27 heavy (non-hydrogen) atoms. The maximum atomic E-state index is 13.5. The third kappa shape index (κ3) is 3.83.